The number of halogens is 2. The van der Waals surface area contributed by atoms with Gasteiger partial charge in [-0.3, -0.25) is 14.4 Å². The molecule has 186 valence electrons. The molecule has 3 aliphatic heterocycles. The number of nitrogens with one attached hydrogen (secondary N) is 1. The van der Waals surface area contributed by atoms with E-state index in [9.17, 15) is 18.8 Å². The first-order chi connectivity index (χ1) is 16.9. The maximum Gasteiger partial charge on any atom is 0.276 e. The zero-order chi connectivity index (χ0) is 24.7. The van der Waals surface area contributed by atoms with E-state index >= 15 is 0 Å². The largest absolute Gasteiger partial charge is 0.487 e. The van der Waals surface area contributed by atoms with Crippen LogP contribution in [0.25, 0.3) is 0 Å². The number of nitrogens with zero attached hydrogens (tertiary/aromatic N) is 2. The van der Waals surface area contributed by atoms with E-state index in [1.54, 1.807) is 15.5 Å². The lowest BCUT2D eigenvalue weighted by molar-refractivity contribution is -0.109. The van der Waals surface area contributed by atoms with E-state index < -0.39 is 23.4 Å². The van der Waals surface area contributed by atoms with Gasteiger partial charge in [-0.25, -0.2) is 4.39 Å². The summed E-state index contributed by atoms with van der Waals surface area (Å²) in [6.07, 6.45) is 2.90. The van der Waals surface area contributed by atoms with Crippen molar-refractivity contribution < 1.29 is 23.5 Å². The maximum absolute atomic E-state index is 14.3. The van der Waals surface area contributed by atoms with E-state index in [1.807, 2.05) is 6.92 Å². The Hall–Kier alpha value is -2.91. The van der Waals surface area contributed by atoms with Crippen LogP contribution in [-0.4, -0.2) is 47.3 Å². The van der Waals surface area contributed by atoms with Crippen LogP contribution in [0.3, 0.4) is 0 Å². The quantitative estimate of drug-likeness (QED) is 0.585. The summed E-state index contributed by atoms with van der Waals surface area (Å²) < 4.78 is 27.9. The summed E-state index contributed by atoms with van der Waals surface area (Å²) in [7, 11) is 0. The molecule has 8 nitrogen and oxygen atoms in total. The topological polar surface area (TPSA) is 89.9 Å². The Morgan fingerprint density at radius 2 is 2.17 bits per heavy atom. The summed E-state index contributed by atoms with van der Waals surface area (Å²) in [5, 5.41) is 2.61. The fraction of sp³-hybridized carbons (Fsp3) is 0.480. The smallest absolute Gasteiger partial charge is 0.276 e. The number of rotatable bonds is 7. The van der Waals surface area contributed by atoms with Gasteiger partial charge in [0.15, 0.2) is 17.7 Å². The number of ether oxygens (including phenoxy) is 2. The first-order valence-corrected chi connectivity index (χ1v) is 12.4. The predicted molar refractivity (Wildman–Crippen MR) is 126 cm³/mol. The summed E-state index contributed by atoms with van der Waals surface area (Å²) in [6.45, 7) is 3.21. The second-order valence-corrected chi connectivity index (χ2v) is 9.42. The number of carbonyl (C=O) groups is 2. The molecule has 0 radical (unpaired) electrons. The third-order valence-corrected chi connectivity index (χ3v) is 7.14. The lowest BCUT2D eigenvalue weighted by Crippen LogP contribution is -2.55. The Labute approximate surface area is 206 Å². The molecule has 2 atom stereocenters. The number of hydrogen-bond donors (Lipinski definition) is 1. The van der Waals surface area contributed by atoms with Crippen LogP contribution in [0.1, 0.15) is 70.8 Å². The van der Waals surface area contributed by atoms with E-state index in [0.29, 0.717) is 38.1 Å². The molecule has 0 spiro atoms. The molecule has 0 saturated carbocycles. The van der Waals surface area contributed by atoms with Crippen molar-refractivity contribution in [2.24, 2.45) is 0 Å². The van der Waals surface area contributed by atoms with Crippen LogP contribution >= 0.6 is 11.6 Å². The number of aromatic nitrogens is 1. The van der Waals surface area contributed by atoms with Crippen molar-refractivity contribution in [3.8, 4) is 5.75 Å². The highest BCUT2D eigenvalue weighted by Gasteiger charge is 2.48. The number of fused-ring (bicyclic) bond motifs is 2. The van der Waals surface area contributed by atoms with Gasteiger partial charge in [0.05, 0.1) is 24.3 Å². The summed E-state index contributed by atoms with van der Waals surface area (Å²) in [4.78, 5) is 42.1. The van der Waals surface area contributed by atoms with Gasteiger partial charge in [0.2, 0.25) is 5.43 Å². The van der Waals surface area contributed by atoms with Gasteiger partial charge in [-0.2, -0.15) is 0 Å². The molecule has 5 rings (SSSR count). The average molecular weight is 504 g/mol. The minimum absolute atomic E-state index is 0.0470. The van der Waals surface area contributed by atoms with E-state index in [2.05, 4.69) is 5.32 Å². The van der Waals surface area contributed by atoms with Gasteiger partial charge < -0.3 is 24.3 Å². The van der Waals surface area contributed by atoms with Crippen molar-refractivity contribution in [1.82, 2.24) is 14.8 Å². The average Bonchev–Trinajstić information content (AvgIpc) is 3.29. The Morgan fingerprint density at radius 1 is 1.34 bits per heavy atom. The van der Waals surface area contributed by atoms with Crippen LogP contribution < -0.4 is 15.5 Å². The van der Waals surface area contributed by atoms with Gasteiger partial charge in [-0.1, -0.05) is 37.1 Å². The molecule has 2 unspecified atom stereocenters. The molecule has 1 aromatic carbocycles. The highest BCUT2D eigenvalue weighted by Crippen LogP contribution is 2.42. The minimum atomic E-state index is -0.639. The molecule has 3 aliphatic rings. The van der Waals surface area contributed by atoms with Crippen molar-refractivity contribution in [3.63, 3.8) is 0 Å². The monoisotopic (exact) mass is 503 g/mol. The molecule has 1 saturated heterocycles. The third kappa shape index (κ3) is 4.00. The molecular formula is C25H27ClFN3O5. The van der Waals surface area contributed by atoms with Gasteiger partial charge >= 0.3 is 0 Å². The molecule has 1 N–H and O–H groups in total. The van der Waals surface area contributed by atoms with E-state index in [1.165, 1.54) is 12.1 Å². The Kier molecular flexibility index (Phi) is 6.55. The van der Waals surface area contributed by atoms with Crippen molar-refractivity contribution >= 4 is 23.4 Å². The van der Waals surface area contributed by atoms with E-state index in [0.717, 1.165) is 12.8 Å². The standard InChI is InChI=1S/C25H27ClFN3O5/c1-2-3-11-34-22-20-24(33)29-10-5-12-35-25(29)17-9-8-16(30(17)20)18(21(22)31)23(32)28-13-14-6-4-7-15(26)19(14)27/h4,6-7,17,25H,2-3,5,8-13H2,1H3,(H,28,32). The zero-order valence-corrected chi connectivity index (χ0v) is 20.2. The van der Waals surface area contributed by atoms with Gasteiger partial charge in [0, 0.05) is 24.3 Å². The third-order valence-electron chi connectivity index (χ3n) is 6.85. The zero-order valence-electron chi connectivity index (χ0n) is 19.4. The number of unbranched alkanes of at least 4 members (excludes halogenated alkanes) is 1. The highest BCUT2D eigenvalue weighted by atomic mass is 35.5. The van der Waals surface area contributed by atoms with Crippen LogP contribution in [0, 0.1) is 5.82 Å². The van der Waals surface area contributed by atoms with Crippen molar-refractivity contribution in [3.05, 3.63) is 61.8 Å². The fourth-order valence-corrected chi connectivity index (χ4v) is 5.37. The first-order valence-electron chi connectivity index (χ1n) is 12.0. The van der Waals surface area contributed by atoms with Crippen molar-refractivity contribution in [2.45, 2.75) is 57.8 Å². The molecule has 0 aliphatic carbocycles. The number of carbonyl (C=O) groups excluding carboxylic acids is 2. The summed E-state index contributed by atoms with van der Waals surface area (Å²) in [5.41, 5.74) is 0.213. The number of benzene rings is 1. The van der Waals surface area contributed by atoms with Gasteiger partial charge in [-0.05, 0) is 31.7 Å². The minimum Gasteiger partial charge on any atom is -0.487 e. The van der Waals surface area contributed by atoms with Gasteiger partial charge in [-0.15, -0.1) is 0 Å². The van der Waals surface area contributed by atoms with Crippen LogP contribution in [-0.2, 0) is 17.7 Å². The molecule has 2 amide bonds. The lowest BCUT2D eigenvalue weighted by Gasteiger charge is -2.44. The van der Waals surface area contributed by atoms with Crippen LogP contribution in [0.4, 0.5) is 4.39 Å². The normalized spacial score (nSPS) is 20.4. The summed E-state index contributed by atoms with van der Waals surface area (Å²) in [6, 6.07) is 4.32. The van der Waals surface area contributed by atoms with Gasteiger partial charge in [0.25, 0.3) is 11.8 Å². The fourth-order valence-electron chi connectivity index (χ4n) is 5.18. The number of pyridine rings is 1. The molecule has 0 bridgehead atoms. The summed E-state index contributed by atoms with van der Waals surface area (Å²) in [5.74, 6) is -1.67. The molecule has 10 heteroatoms. The molecule has 1 aromatic heterocycles. The predicted octanol–water partition coefficient (Wildman–Crippen LogP) is 3.44. The maximum atomic E-state index is 14.3. The molecular weight excluding hydrogens is 477 g/mol. The Balaban J connectivity index is 1.57. The lowest BCUT2D eigenvalue weighted by atomic mass is 10.1. The molecule has 1 fully saturated rings. The first kappa shape index (κ1) is 23.8. The molecule has 2 aromatic rings. The van der Waals surface area contributed by atoms with Gasteiger partial charge in [0.1, 0.15) is 11.4 Å². The van der Waals surface area contributed by atoms with E-state index in [4.69, 9.17) is 21.1 Å². The Morgan fingerprint density at radius 3 is 2.97 bits per heavy atom. The molecule has 4 heterocycles. The highest BCUT2D eigenvalue weighted by molar-refractivity contribution is 6.30. The SMILES string of the molecule is CCCCOc1c2n3c(c(C(=O)NCc4cccc(Cl)c4F)c1=O)CCC3C1OCCCN1C2=O. The Bertz CT molecular complexity index is 1250. The second kappa shape index (κ2) is 9.62. The number of amides is 2. The summed E-state index contributed by atoms with van der Waals surface area (Å²) >= 11 is 5.85. The van der Waals surface area contributed by atoms with Crippen molar-refractivity contribution in [1.29, 1.82) is 0 Å². The van der Waals surface area contributed by atoms with Crippen LogP contribution in [0.2, 0.25) is 5.02 Å². The van der Waals surface area contributed by atoms with E-state index in [-0.39, 0.29) is 52.7 Å². The van der Waals surface area contributed by atoms with Crippen LogP contribution in [0.5, 0.6) is 5.75 Å². The number of hydrogen-bond acceptors (Lipinski definition) is 5. The second-order valence-electron chi connectivity index (χ2n) is 9.02. The van der Waals surface area contributed by atoms with Crippen LogP contribution in [0.15, 0.2) is 23.0 Å². The molecule has 35 heavy (non-hydrogen) atoms. The van der Waals surface area contributed by atoms with Crippen molar-refractivity contribution in [2.75, 3.05) is 19.8 Å².